The van der Waals surface area contributed by atoms with E-state index in [0.29, 0.717) is 50.5 Å². The molecular formula is C31H45N9O3. The van der Waals surface area contributed by atoms with Gasteiger partial charge in [0.2, 0.25) is 17.7 Å². The molecule has 0 spiro atoms. The van der Waals surface area contributed by atoms with E-state index in [1.54, 1.807) is 0 Å². The molecule has 0 saturated carbocycles. The largest absolute Gasteiger partial charge is 0.370 e. The number of unbranched alkanes of at least 4 members (excludes halogenated alkanes) is 1. The first-order valence-corrected chi connectivity index (χ1v) is 14.7. The summed E-state index contributed by atoms with van der Waals surface area (Å²) in [5.41, 5.74) is 21.3. The number of amides is 2. The lowest BCUT2D eigenvalue weighted by molar-refractivity contribution is -0.130. The summed E-state index contributed by atoms with van der Waals surface area (Å²) in [7, 11) is 0. The summed E-state index contributed by atoms with van der Waals surface area (Å²) in [6, 6.07) is 13.5. The fraction of sp³-hybridized carbons (Fsp3) is 0.452. The van der Waals surface area contributed by atoms with Crippen LogP contribution in [-0.4, -0.2) is 53.1 Å². The highest BCUT2D eigenvalue weighted by molar-refractivity contribution is 5.90. The van der Waals surface area contributed by atoms with Crippen LogP contribution in [0.15, 0.2) is 53.1 Å². The van der Waals surface area contributed by atoms with Crippen molar-refractivity contribution in [3.63, 3.8) is 0 Å². The lowest BCUT2D eigenvalue weighted by Crippen LogP contribution is -2.53. The molecule has 0 saturated heterocycles. The van der Waals surface area contributed by atoms with Crippen LogP contribution in [0.1, 0.15) is 72.1 Å². The summed E-state index contributed by atoms with van der Waals surface area (Å²) in [6.07, 6.45) is 3.73. The van der Waals surface area contributed by atoms with Crippen molar-refractivity contribution in [2.24, 2.45) is 17.2 Å². The zero-order valence-electron chi connectivity index (χ0n) is 25.1. The van der Waals surface area contributed by atoms with Crippen molar-refractivity contribution >= 4 is 17.8 Å². The van der Waals surface area contributed by atoms with Gasteiger partial charge in [0.1, 0.15) is 12.1 Å². The maximum atomic E-state index is 13.8. The smallest absolute Gasteiger partial charge is 0.249 e. The zero-order chi connectivity index (χ0) is 31.2. The molecule has 0 radical (unpaired) electrons. The van der Waals surface area contributed by atoms with Crippen LogP contribution in [0.5, 0.6) is 0 Å². The van der Waals surface area contributed by atoms with E-state index in [-0.39, 0.29) is 18.3 Å². The van der Waals surface area contributed by atoms with Crippen LogP contribution in [0.2, 0.25) is 0 Å². The number of nitrogens with one attached hydrogen (secondary N) is 4. The van der Waals surface area contributed by atoms with Crippen molar-refractivity contribution in [2.75, 3.05) is 13.1 Å². The average molecular weight is 592 g/mol. The lowest BCUT2D eigenvalue weighted by Gasteiger charge is -2.24. The van der Waals surface area contributed by atoms with Gasteiger partial charge in [-0.05, 0) is 74.8 Å². The predicted octanol–water partition coefficient (Wildman–Crippen LogP) is 1.88. The Morgan fingerprint density at radius 1 is 0.953 bits per heavy atom. The molecule has 0 aliphatic heterocycles. The fourth-order valence-corrected chi connectivity index (χ4v) is 4.82. The number of benzene rings is 2. The number of rotatable bonds is 17. The Hall–Kier alpha value is -4.29. The third kappa shape index (κ3) is 10.8. The molecule has 1 aromatic heterocycles. The van der Waals surface area contributed by atoms with E-state index in [2.05, 4.69) is 26.1 Å². The highest BCUT2D eigenvalue weighted by Crippen LogP contribution is 2.21. The number of carbonyl (C=O) groups is 2. The molecule has 0 fully saturated rings. The summed E-state index contributed by atoms with van der Waals surface area (Å²) in [4.78, 5) is 31.6. The molecule has 0 aliphatic carbocycles. The highest BCUT2D eigenvalue weighted by Gasteiger charge is 2.29. The molecule has 0 aliphatic rings. The van der Waals surface area contributed by atoms with Crippen LogP contribution in [0.3, 0.4) is 0 Å². The number of hydrogen-bond donors (Lipinski definition) is 7. The number of aryl methyl sites for hydroxylation is 2. The van der Waals surface area contributed by atoms with Crippen molar-refractivity contribution in [1.82, 2.24) is 26.1 Å². The van der Waals surface area contributed by atoms with E-state index in [1.165, 1.54) is 0 Å². The van der Waals surface area contributed by atoms with Gasteiger partial charge in [-0.15, -0.1) is 0 Å². The van der Waals surface area contributed by atoms with Crippen LogP contribution in [0, 0.1) is 19.3 Å². The normalized spacial score (nSPS) is 13.1. The van der Waals surface area contributed by atoms with Gasteiger partial charge in [0, 0.05) is 19.4 Å². The zero-order valence-corrected chi connectivity index (χ0v) is 25.1. The second-order valence-corrected chi connectivity index (χ2v) is 10.8. The van der Waals surface area contributed by atoms with Gasteiger partial charge in [-0.3, -0.25) is 15.0 Å². The van der Waals surface area contributed by atoms with E-state index in [4.69, 9.17) is 27.1 Å². The Kier molecular flexibility index (Phi) is 13.1. The van der Waals surface area contributed by atoms with Crippen LogP contribution < -0.4 is 33.2 Å². The minimum Gasteiger partial charge on any atom is -0.370 e. The SMILES string of the molecule is Cc1cccc(C)c1C[C@H](NC(=O)[C@H](N)CCCNC(=N)N)C(=O)N[C@@H](CCCCN)c1nc(Cc2ccccc2)no1. The molecule has 3 atom stereocenters. The Labute approximate surface area is 253 Å². The maximum Gasteiger partial charge on any atom is 0.249 e. The van der Waals surface area contributed by atoms with Crippen LogP contribution in [-0.2, 0) is 22.4 Å². The maximum absolute atomic E-state index is 13.8. The number of hydrogen-bond acceptors (Lipinski definition) is 8. The second kappa shape index (κ2) is 17.0. The first-order chi connectivity index (χ1) is 20.7. The molecule has 3 aromatic rings. The molecule has 2 amide bonds. The van der Waals surface area contributed by atoms with Gasteiger partial charge < -0.3 is 37.7 Å². The summed E-state index contributed by atoms with van der Waals surface area (Å²) < 4.78 is 5.61. The van der Waals surface area contributed by atoms with Crippen molar-refractivity contribution in [1.29, 1.82) is 5.41 Å². The number of nitrogens with zero attached hydrogens (tertiary/aromatic N) is 2. The quantitative estimate of drug-likeness (QED) is 0.0693. The molecule has 0 bridgehead atoms. The van der Waals surface area contributed by atoms with E-state index in [9.17, 15) is 9.59 Å². The topological polar surface area (TPSA) is 211 Å². The van der Waals surface area contributed by atoms with Gasteiger partial charge >= 0.3 is 0 Å². The minimum atomic E-state index is -0.891. The third-order valence-electron chi connectivity index (χ3n) is 7.28. The predicted molar refractivity (Wildman–Crippen MR) is 166 cm³/mol. The highest BCUT2D eigenvalue weighted by atomic mass is 16.5. The number of carbonyl (C=O) groups excluding carboxylic acids is 2. The Balaban J connectivity index is 1.78. The molecule has 43 heavy (non-hydrogen) atoms. The molecular weight excluding hydrogens is 546 g/mol. The Morgan fingerprint density at radius 2 is 1.67 bits per heavy atom. The van der Waals surface area contributed by atoms with Crippen molar-refractivity contribution < 1.29 is 14.1 Å². The summed E-state index contributed by atoms with van der Waals surface area (Å²) in [5.74, 6) is -0.121. The average Bonchev–Trinajstić information content (AvgIpc) is 3.44. The number of aromatic nitrogens is 2. The van der Waals surface area contributed by atoms with E-state index in [0.717, 1.165) is 35.1 Å². The van der Waals surface area contributed by atoms with E-state index >= 15 is 0 Å². The molecule has 10 N–H and O–H groups in total. The number of guanidine groups is 1. The van der Waals surface area contributed by atoms with E-state index in [1.807, 2.05) is 62.4 Å². The standard InChI is InChI=1S/C31H45N9O3/c1-20-10-8-11-21(2)23(20)19-26(38-28(41)24(33)14-9-17-36-31(34)35)29(42)37-25(15-6-7-16-32)30-39-27(40-43-30)18-22-12-4-3-5-13-22/h3-5,8,10-13,24-26H,6-7,9,14-19,32-33H2,1-2H3,(H,37,42)(H,38,41)(H4,34,35,36)/t24-,25+,26+/m1/s1. The molecule has 3 rings (SSSR count). The Bertz CT molecular complexity index is 1310. The molecule has 232 valence electrons. The van der Waals surface area contributed by atoms with Crippen LogP contribution in [0.25, 0.3) is 0 Å². The van der Waals surface area contributed by atoms with Gasteiger partial charge in [-0.25, -0.2) is 0 Å². The second-order valence-electron chi connectivity index (χ2n) is 10.8. The minimum absolute atomic E-state index is 0.141. The van der Waals surface area contributed by atoms with Crippen molar-refractivity contribution in [3.8, 4) is 0 Å². The Morgan fingerprint density at radius 3 is 2.35 bits per heavy atom. The van der Waals surface area contributed by atoms with Crippen LogP contribution >= 0.6 is 0 Å². The third-order valence-corrected chi connectivity index (χ3v) is 7.28. The molecule has 2 aromatic carbocycles. The fourth-order valence-electron chi connectivity index (χ4n) is 4.82. The molecule has 0 unspecified atom stereocenters. The van der Waals surface area contributed by atoms with Gasteiger partial charge in [0.15, 0.2) is 11.8 Å². The summed E-state index contributed by atoms with van der Waals surface area (Å²) in [6.45, 7) is 4.91. The lowest BCUT2D eigenvalue weighted by atomic mass is 9.95. The molecule has 12 nitrogen and oxygen atoms in total. The van der Waals surface area contributed by atoms with E-state index < -0.39 is 24.0 Å². The van der Waals surface area contributed by atoms with Gasteiger partial charge in [0.25, 0.3) is 0 Å². The van der Waals surface area contributed by atoms with Crippen molar-refractivity contribution in [2.45, 2.75) is 76.9 Å². The van der Waals surface area contributed by atoms with Crippen LogP contribution in [0.4, 0.5) is 0 Å². The monoisotopic (exact) mass is 591 g/mol. The number of nitrogens with two attached hydrogens (primary N) is 3. The summed E-state index contributed by atoms with van der Waals surface area (Å²) >= 11 is 0. The first-order valence-electron chi connectivity index (χ1n) is 14.7. The summed E-state index contributed by atoms with van der Waals surface area (Å²) in [5, 5.41) is 20.0. The molecule has 12 heteroatoms. The van der Waals surface area contributed by atoms with Gasteiger partial charge in [0.05, 0.1) is 6.04 Å². The van der Waals surface area contributed by atoms with Gasteiger partial charge in [-0.1, -0.05) is 53.7 Å². The first kappa shape index (κ1) is 33.2. The van der Waals surface area contributed by atoms with Crippen molar-refractivity contribution in [3.05, 3.63) is 82.5 Å². The molecule has 1 heterocycles. The van der Waals surface area contributed by atoms with Gasteiger partial charge in [-0.2, -0.15) is 4.98 Å².